The Labute approximate surface area is 313 Å². The zero-order valence-corrected chi connectivity index (χ0v) is 29.4. The lowest BCUT2D eigenvalue weighted by molar-refractivity contribution is 0.891. The molecule has 4 heteroatoms. The summed E-state index contributed by atoms with van der Waals surface area (Å²) in [5.74, 6) is 0. The van der Waals surface area contributed by atoms with Crippen molar-refractivity contribution < 1.29 is 0 Å². The van der Waals surface area contributed by atoms with Crippen LogP contribution in [0.1, 0.15) is 0 Å². The molecule has 10 aromatic rings. The van der Waals surface area contributed by atoms with Gasteiger partial charge in [0.2, 0.25) is 0 Å². The minimum absolute atomic E-state index is 0.941. The van der Waals surface area contributed by atoms with Crippen molar-refractivity contribution in [1.29, 1.82) is 0 Å². The summed E-state index contributed by atoms with van der Waals surface area (Å²) in [6.45, 7) is 0. The second kappa shape index (κ2) is 13.4. The number of hydrogen-bond donors (Lipinski definition) is 0. The van der Waals surface area contributed by atoms with E-state index in [4.69, 9.17) is 10.2 Å². The first-order chi connectivity index (χ1) is 26.7. The minimum atomic E-state index is 0.941. The lowest BCUT2D eigenvalue weighted by atomic mass is 10.0. The first kappa shape index (κ1) is 31.4. The average molecular weight is 691 g/mol. The van der Waals surface area contributed by atoms with Crippen LogP contribution in [-0.2, 0) is 0 Å². The van der Waals surface area contributed by atoms with Gasteiger partial charge in [-0.1, -0.05) is 158 Å². The van der Waals surface area contributed by atoms with Gasteiger partial charge < -0.3 is 0 Å². The van der Waals surface area contributed by atoms with E-state index in [1.807, 2.05) is 12.1 Å². The van der Waals surface area contributed by atoms with E-state index < -0.39 is 0 Å². The van der Waals surface area contributed by atoms with E-state index in [1.165, 1.54) is 21.5 Å². The van der Waals surface area contributed by atoms with Crippen molar-refractivity contribution in [1.82, 2.24) is 19.6 Å². The van der Waals surface area contributed by atoms with Gasteiger partial charge in [-0.15, -0.1) is 0 Å². The van der Waals surface area contributed by atoms with Crippen molar-refractivity contribution in [3.05, 3.63) is 206 Å². The fourth-order valence-electron chi connectivity index (χ4n) is 7.35. The quantitative estimate of drug-likeness (QED) is 0.167. The van der Waals surface area contributed by atoms with Crippen LogP contribution in [-0.4, -0.2) is 19.6 Å². The molecule has 2 aromatic heterocycles. The Morgan fingerprint density at radius 3 is 1.02 bits per heavy atom. The molecule has 8 aromatic carbocycles. The van der Waals surface area contributed by atoms with Crippen LogP contribution in [0.3, 0.4) is 0 Å². The van der Waals surface area contributed by atoms with Crippen LogP contribution in [0, 0.1) is 0 Å². The average Bonchev–Trinajstić information content (AvgIpc) is 3.91. The molecule has 0 saturated heterocycles. The van der Waals surface area contributed by atoms with Gasteiger partial charge in [0.1, 0.15) is 0 Å². The Hall–Kier alpha value is -7.30. The Morgan fingerprint density at radius 1 is 0.259 bits per heavy atom. The first-order valence-corrected chi connectivity index (χ1v) is 18.2. The van der Waals surface area contributed by atoms with Crippen LogP contribution in [0.2, 0.25) is 0 Å². The molecule has 2 heterocycles. The maximum Gasteiger partial charge on any atom is 0.0934 e. The lowest BCUT2D eigenvalue weighted by Gasteiger charge is -2.11. The zero-order valence-electron chi connectivity index (χ0n) is 29.4. The second-order valence-electron chi connectivity index (χ2n) is 13.6. The van der Waals surface area contributed by atoms with Gasteiger partial charge in [-0.25, -0.2) is 9.36 Å². The molecule has 254 valence electrons. The highest BCUT2D eigenvalue weighted by atomic mass is 15.3. The van der Waals surface area contributed by atoms with Crippen LogP contribution >= 0.6 is 0 Å². The summed E-state index contributed by atoms with van der Waals surface area (Å²) in [6.07, 6.45) is 0. The maximum atomic E-state index is 5.16. The fourth-order valence-corrected chi connectivity index (χ4v) is 7.35. The molecule has 0 saturated carbocycles. The topological polar surface area (TPSA) is 35.6 Å². The van der Waals surface area contributed by atoms with E-state index in [-0.39, 0.29) is 0 Å². The summed E-state index contributed by atoms with van der Waals surface area (Å²) >= 11 is 0. The largest absolute Gasteiger partial charge is 0.232 e. The molecule has 4 nitrogen and oxygen atoms in total. The molecular weight excluding hydrogens is 657 g/mol. The highest BCUT2D eigenvalue weighted by Crippen LogP contribution is 2.33. The zero-order chi connectivity index (χ0) is 35.8. The predicted molar refractivity (Wildman–Crippen MR) is 223 cm³/mol. The summed E-state index contributed by atoms with van der Waals surface area (Å²) < 4.78 is 4.12. The molecule has 0 atom stereocenters. The highest BCUT2D eigenvalue weighted by Gasteiger charge is 2.16. The third-order valence-corrected chi connectivity index (χ3v) is 10.2. The number of hydrogen-bond acceptors (Lipinski definition) is 2. The Balaban J connectivity index is 0.981. The number of fused-ring (bicyclic) bond motifs is 2. The van der Waals surface area contributed by atoms with Gasteiger partial charge in [0.05, 0.1) is 34.2 Å². The van der Waals surface area contributed by atoms with E-state index in [1.54, 1.807) is 0 Å². The van der Waals surface area contributed by atoms with Crippen molar-refractivity contribution in [2.75, 3.05) is 0 Å². The fraction of sp³-hybridized carbons (Fsp3) is 0. The molecule has 0 radical (unpaired) electrons. The van der Waals surface area contributed by atoms with Crippen molar-refractivity contribution in [3.63, 3.8) is 0 Å². The van der Waals surface area contributed by atoms with Gasteiger partial charge in [0.15, 0.2) is 0 Å². The molecule has 0 aliphatic carbocycles. The SMILES string of the molecule is c1ccc(-c2cc(-c3ccc4ccccc4c3)nn2-c2ccc(-c3ccc(-n4nc(-c5ccc6ccccc6c5)cc4-c4ccccc4)cc3)cc2)cc1. The molecule has 0 amide bonds. The number of benzene rings is 8. The summed E-state index contributed by atoms with van der Waals surface area (Å²) in [5, 5.41) is 15.2. The first-order valence-electron chi connectivity index (χ1n) is 18.2. The number of rotatable bonds is 7. The summed E-state index contributed by atoms with van der Waals surface area (Å²) in [6, 6.07) is 72.7. The van der Waals surface area contributed by atoms with Crippen LogP contribution in [0.25, 0.3) is 89.1 Å². The minimum Gasteiger partial charge on any atom is -0.232 e. The summed E-state index contributed by atoms with van der Waals surface area (Å²) in [5.41, 5.74) is 12.7. The molecular formula is C50H34N4. The second-order valence-corrected chi connectivity index (χ2v) is 13.6. The Bertz CT molecular complexity index is 2700. The third-order valence-electron chi connectivity index (χ3n) is 10.2. The summed E-state index contributed by atoms with van der Waals surface area (Å²) in [7, 11) is 0. The van der Waals surface area contributed by atoms with Gasteiger partial charge in [-0.05, 0) is 81.2 Å². The van der Waals surface area contributed by atoms with Crippen molar-refractivity contribution in [3.8, 4) is 67.5 Å². The molecule has 0 bridgehead atoms. The smallest absolute Gasteiger partial charge is 0.0934 e. The lowest BCUT2D eigenvalue weighted by Crippen LogP contribution is -2.00. The van der Waals surface area contributed by atoms with Gasteiger partial charge >= 0.3 is 0 Å². The molecule has 0 aliphatic rings. The normalized spacial score (nSPS) is 11.3. The van der Waals surface area contributed by atoms with Gasteiger partial charge in [-0.3, -0.25) is 0 Å². The van der Waals surface area contributed by atoms with Crippen LogP contribution in [0.5, 0.6) is 0 Å². The predicted octanol–water partition coefficient (Wildman–Crippen LogP) is 12.7. The van der Waals surface area contributed by atoms with Crippen LogP contribution < -0.4 is 0 Å². The van der Waals surface area contributed by atoms with E-state index >= 15 is 0 Å². The van der Waals surface area contributed by atoms with E-state index in [2.05, 4.69) is 203 Å². The molecule has 0 spiro atoms. The van der Waals surface area contributed by atoms with Crippen molar-refractivity contribution in [2.45, 2.75) is 0 Å². The molecule has 0 fully saturated rings. The van der Waals surface area contributed by atoms with Crippen molar-refractivity contribution >= 4 is 21.5 Å². The molecule has 54 heavy (non-hydrogen) atoms. The van der Waals surface area contributed by atoms with Gasteiger partial charge in [0, 0.05) is 22.3 Å². The standard InChI is InChI=1S/C50H34N4/c1-3-13-39(14-4-1)49-33-47(43-21-19-35-11-7-9-17-41(35)31-43)51-53(49)45-27-23-37(24-28-45)38-25-29-46(30-26-38)54-50(40-15-5-2-6-16-40)34-48(52-54)44-22-20-36-12-8-10-18-42(36)32-44/h1-34H. The molecule has 0 N–H and O–H groups in total. The Kier molecular flexibility index (Phi) is 7.77. The van der Waals surface area contributed by atoms with Gasteiger partial charge in [0.25, 0.3) is 0 Å². The van der Waals surface area contributed by atoms with Crippen molar-refractivity contribution in [2.24, 2.45) is 0 Å². The van der Waals surface area contributed by atoms with E-state index in [0.717, 1.165) is 67.5 Å². The maximum absolute atomic E-state index is 5.16. The van der Waals surface area contributed by atoms with Gasteiger partial charge in [-0.2, -0.15) is 10.2 Å². The third kappa shape index (κ3) is 5.86. The Morgan fingerprint density at radius 2 is 0.611 bits per heavy atom. The van der Waals surface area contributed by atoms with E-state index in [9.17, 15) is 0 Å². The van der Waals surface area contributed by atoms with Crippen LogP contribution in [0.15, 0.2) is 206 Å². The van der Waals surface area contributed by atoms with E-state index in [0.29, 0.717) is 0 Å². The molecule has 0 unspecified atom stereocenters. The van der Waals surface area contributed by atoms with Crippen LogP contribution in [0.4, 0.5) is 0 Å². The monoisotopic (exact) mass is 690 g/mol. The molecule has 0 aliphatic heterocycles. The molecule has 10 rings (SSSR count). The summed E-state index contributed by atoms with van der Waals surface area (Å²) in [4.78, 5) is 0. The highest BCUT2D eigenvalue weighted by molar-refractivity contribution is 5.88. The number of nitrogens with zero attached hydrogens (tertiary/aromatic N) is 4. The number of aromatic nitrogens is 4.